The van der Waals surface area contributed by atoms with Crippen LogP contribution in [0.4, 0.5) is 5.88 Å². The van der Waals surface area contributed by atoms with Crippen molar-refractivity contribution in [3.63, 3.8) is 0 Å². The summed E-state index contributed by atoms with van der Waals surface area (Å²) < 4.78 is 4.87. The number of furan rings is 1. The van der Waals surface area contributed by atoms with Gasteiger partial charge in [0.05, 0.1) is 12.0 Å². The first-order chi connectivity index (χ1) is 10.4. The number of unbranched alkanes of at least 4 members (excludes halogenated alkanes) is 1. The van der Waals surface area contributed by atoms with E-state index in [4.69, 9.17) is 4.42 Å². The third-order valence-electron chi connectivity index (χ3n) is 3.72. The lowest BCUT2D eigenvalue weighted by atomic mass is 9.98. The van der Waals surface area contributed by atoms with Crippen LogP contribution in [0.15, 0.2) is 16.5 Å². The van der Waals surface area contributed by atoms with Crippen LogP contribution in [0.1, 0.15) is 30.3 Å². The van der Waals surface area contributed by atoms with Crippen molar-refractivity contribution in [1.82, 2.24) is 9.80 Å². The molecule has 1 aliphatic heterocycles. The summed E-state index contributed by atoms with van der Waals surface area (Å²) in [5.41, 5.74) is 0. The molecule has 1 aromatic heterocycles. The molecular weight excluding hydrogens is 290 g/mol. The highest BCUT2D eigenvalue weighted by atomic mass is 16.6. The average Bonchev–Trinajstić information content (AvgIpc) is 2.92. The molecule has 22 heavy (non-hydrogen) atoms. The zero-order valence-corrected chi connectivity index (χ0v) is 12.7. The van der Waals surface area contributed by atoms with Gasteiger partial charge >= 0.3 is 5.88 Å². The van der Waals surface area contributed by atoms with Crippen molar-refractivity contribution in [2.45, 2.75) is 19.8 Å². The molecule has 0 bridgehead atoms. The Morgan fingerprint density at radius 3 is 2.68 bits per heavy atom. The maximum atomic E-state index is 12.1. The van der Waals surface area contributed by atoms with Crippen molar-refractivity contribution in [1.29, 1.82) is 0 Å². The molecule has 0 spiro atoms. The summed E-state index contributed by atoms with van der Waals surface area (Å²) >= 11 is 0. The Hall–Kier alpha value is -2.38. The fraction of sp³-hybridized carbons (Fsp3) is 0.571. The molecule has 0 saturated carbocycles. The highest BCUT2D eigenvalue weighted by molar-refractivity contribution is 5.94. The Morgan fingerprint density at radius 2 is 2.14 bits per heavy atom. The summed E-state index contributed by atoms with van der Waals surface area (Å²) in [4.78, 5) is 37.1. The van der Waals surface area contributed by atoms with Gasteiger partial charge in [-0.3, -0.25) is 19.7 Å². The maximum absolute atomic E-state index is 12.1. The quantitative estimate of drug-likeness (QED) is 0.586. The number of rotatable bonds is 6. The van der Waals surface area contributed by atoms with Gasteiger partial charge in [-0.05, 0) is 12.5 Å². The van der Waals surface area contributed by atoms with Crippen molar-refractivity contribution < 1.29 is 18.9 Å². The number of amides is 2. The van der Waals surface area contributed by atoms with Crippen molar-refractivity contribution in [3.05, 3.63) is 28.0 Å². The standard InChI is InChI=1S/C14H19N3O5/c1-3-4-7-15(2)13(18)10-8-16(9-10)14(19)11-5-6-12(22-11)17(20)21/h5-6,10H,3-4,7-9H2,1-2H3. The Labute approximate surface area is 127 Å². The number of hydrogen-bond acceptors (Lipinski definition) is 5. The fourth-order valence-corrected chi connectivity index (χ4v) is 2.31. The molecule has 8 nitrogen and oxygen atoms in total. The lowest BCUT2D eigenvalue weighted by Crippen LogP contribution is -2.55. The molecule has 1 aromatic rings. The second-order valence-electron chi connectivity index (χ2n) is 5.42. The largest absolute Gasteiger partial charge is 0.433 e. The molecule has 1 aliphatic rings. The van der Waals surface area contributed by atoms with E-state index in [0.717, 1.165) is 18.9 Å². The van der Waals surface area contributed by atoms with Gasteiger partial charge in [0.1, 0.15) is 4.92 Å². The van der Waals surface area contributed by atoms with Gasteiger partial charge in [0.2, 0.25) is 5.91 Å². The minimum atomic E-state index is -0.693. The summed E-state index contributed by atoms with van der Waals surface area (Å²) in [7, 11) is 1.76. The number of carbonyl (C=O) groups excluding carboxylic acids is 2. The van der Waals surface area contributed by atoms with Gasteiger partial charge in [-0.15, -0.1) is 0 Å². The van der Waals surface area contributed by atoms with E-state index in [1.807, 2.05) is 0 Å². The fourth-order valence-electron chi connectivity index (χ4n) is 2.31. The molecule has 1 fully saturated rings. The molecule has 120 valence electrons. The number of likely N-dealkylation sites (tertiary alicyclic amines) is 1. The third-order valence-corrected chi connectivity index (χ3v) is 3.72. The van der Waals surface area contributed by atoms with Gasteiger partial charge in [0.15, 0.2) is 5.76 Å². The van der Waals surface area contributed by atoms with Crippen LogP contribution in [-0.2, 0) is 4.79 Å². The lowest BCUT2D eigenvalue weighted by molar-refractivity contribution is -0.402. The predicted molar refractivity (Wildman–Crippen MR) is 77.3 cm³/mol. The van der Waals surface area contributed by atoms with Gasteiger partial charge in [0.25, 0.3) is 5.91 Å². The molecule has 0 unspecified atom stereocenters. The van der Waals surface area contributed by atoms with Gasteiger partial charge in [-0.25, -0.2) is 0 Å². The van der Waals surface area contributed by atoms with Crippen LogP contribution >= 0.6 is 0 Å². The predicted octanol–water partition coefficient (Wildman–Crippen LogP) is 1.52. The van der Waals surface area contributed by atoms with Gasteiger partial charge in [0, 0.05) is 26.7 Å². The van der Waals surface area contributed by atoms with E-state index in [0.29, 0.717) is 19.6 Å². The lowest BCUT2D eigenvalue weighted by Gasteiger charge is -2.39. The van der Waals surface area contributed by atoms with E-state index in [1.54, 1.807) is 11.9 Å². The van der Waals surface area contributed by atoms with Crippen LogP contribution in [0.25, 0.3) is 0 Å². The Morgan fingerprint density at radius 1 is 1.45 bits per heavy atom. The number of nitro groups is 1. The first-order valence-electron chi connectivity index (χ1n) is 7.22. The van der Waals surface area contributed by atoms with E-state index < -0.39 is 16.7 Å². The molecule has 2 rings (SSSR count). The first-order valence-corrected chi connectivity index (χ1v) is 7.22. The maximum Gasteiger partial charge on any atom is 0.433 e. The van der Waals surface area contributed by atoms with Crippen LogP contribution in [0, 0.1) is 16.0 Å². The number of nitrogens with zero attached hydrogens (tertiary/aromatic N) is 3. The molecule has 0 atom stereocenters. The van der Waals surface area contributed by atoms with Crippen molar-refractivity contribution in [3.8, 4) is 0 Å². The molecule has 2 amide bonds. The molecule has 0 radical (unpaired) electrons. The highest BCUT2D eigenvalue weighted by Gasteiger charge is 2.38. The minimum absolute atomic E-state index is 0.0305. The number of carbonyl (C=O) groups is 2. The second-order valence-corrected chi connectivity index (χ2v) is 5.42. The molecule has 0 aromatic carbocycles. The zero-order valence-electron chi connectivity index (χ0n) is 12.7. The van der Waals surface area contributed by atoms with Crippen molar-refractivity contribution >= 4 is 17.7 Å². The average molecular weight is 309 g/mol. The van der Waals surface area contributed by atoms with Gasteiger partial charge in [-0.2, -0.15) is 0 Å². The van der Waals surface area contributed by atoms with Crippen molar-refractivity contribution in [2.24, 2.45) is 5.92 Å². The first kappa shape index (κ1) is 16.0. The second kappa shape index (κ2) is 6.59. The Kier molecular flexibility index (Phi) is 4.79. The van der Waals surface area contributed by atoms with E-state index in [9.17, 15) is 19.7 Å². The molecule has 0 N–H and O–H groups in total. The van der Waals surface area contributed by atoms with E-state index in [-0.39, 0.29) is 17.6 Å². The smallest absolute Gasteiger partial charge is 0.395 e. The molecule has 8 heteroatoms. The SMILES string of the molecule is CCCCN(C)C(=O)C1CN(C(=O)c2ccc([N+](=O)[O-])o2)C1. The Balaban J connectivity index is 1.86. The van der Waals surface area contributed by atoms with Crippen LogP contribution in [-0.4, -0.2) is 53.2 Å². The summed E-state index contributed by atoms with van der Waals surface area (Å²) in [5.74, 6) is -1.13. The van der Waals surface area contributed by atoms with E-state index >= 15 is 0 Å². The van der Waals surface area contributed by atoms with Gasteiger partial charge in [-0.1, -0.05) is 13.3 Å². The van der Waals surface area contributed by atoms with Crippen LogP contribution in [0.3, 0.4) is 0 Å². The topological polar surface area (TPSA) is 96.9 Å². The molecule has 2 heterocycles. The zero-order chi connectivity index (χ0) is 16.3. The summed E-state index contributed by atoms with van der Waals surface area (Å²) in [5, 5.41) is 10.5. The van der Waals surface area contributed by atoms with E-state index in [2.05, 4.69) is 6.92 Å². The van der Waals surface area contributed by atoms with Crippen LogP contribution < -0.4 is 0 Å². The van der Waals surface area contributed by atoms with Crippen molar-refractivity contribution in [2.75, 3.05) is 26.7 Å². The normalized spacial score (nSPS) is 14.5. The van der Waals surface area contributed by atoms with Crippen LogP contribution in [0.5, 0.6) is 0 Å². The monoisotopic (exact) mass is 309 g/mol. The van der Waals surface area contributed by atoms with Crippen LogP contribution in [0.2, 0.25) is 0 Å². The van der Waals surface area contributed by atoms with E-state index in [1.165, 1.54) is 11.0 Å². The summed E-state index contributed by atoms with van der Waals surface area (Å²) in [6, 6.07) is 2.43. The highest BCUT2D eigenvalue weighted by Crippen LogP contribution is 2.23. The Bertz CT molecular complexity index is 577. The summed E-state index contributed by atoms with van der Waals surface area (Å²) in [6.07, 6.45) is 1.97. The number of hydrogen-bond donors (Lipinski definition) is 0. The molecular formula is C14H19N3O5. The minimum Gasteiger partial charge on any atom is -0.395 e. The molecule has 1 saturated heterocycles. The summed E-state index contributed by atoms with van der Waals surface area (Å²) in [6.45, 7) is 3.42. The molecule has 0 aliphatic carbocycles. The van der Waals surface area contributed by atoms with Gasteiger partial charge < -0.3 is 14.2 Å². The third kappa shape index (κ3) is 3.26.